The fourth-order valence-corrected chi connectivity index (χ4v) is 1.32. The number of oxime groups is 1. The molecule has 0 radical (unpaired) electrons. The molecule has 0 heterocycles. The van der Waals surface area contributed by atoms with Crippen molar-refractivity contribution in [3.63, 3.8) is 0 Å². The number of benzene rings is 1. The number of hydrogen-bond donors (Lipinski definition) is 3. The number of nitrogens with zero attached hydrogens (tertiary/aromatic N) is 1. The van der Waals surface area contributed by atoms with Crippen LogP contribution in [0.4, 0.5) is 0 Å². The lowest BCUT2D eigenvalue weighted by Gasteiger charge is -2.09. The summed E-state index contributed by atoms with van der Waals surface area (Å²) in [5.41, 5.74) is 5.61. The van der Waals surface area contributed by atoms with Crippen molar-refractivity contribution in [3.05, 3.63) is 29.8 Å². The maximum absolute atomic E-state index is 10.6. The Labute approximate surface area is 109 Å². The minimum Gasteiger partial charge on any atom is -0.493 e. The molecule has 0 saturated carbocycles. The molecule has 0 saturated heterocycles. The molecule has 0 aliphatic carbocycles. The standard InChI is InChI=1S/C12H14N2O5/c13-10(12(16)17)4-5-19-9-3-1-2-8(6-9)11(7-15)14-18/h1-3,6-7,10,18H,4-5,13H2,(H,16,17). The van der Waals surface area contributed by atoms with Crippen LogP contribution in [0.25, 0.3) is 0 Å². The molecule has 4 N–H and O–H groups in total. The monoisotopic (exact) mass is 266 g/mol. The first-order chi connectivity index (χ1) is 9.08. The summed E-state index contributed by atoms with van der Waals surface area (Å²) in [5.74, 6) is -0.661. The molecule has 19 heavy (non-hydrogen) atoms. The van der Waals surface area contributed by atoms with Crippen LogP contribution < -0.4 is 10.5 Å². The molecule has 0 aliphatic rings. The fourth-order valence-electron chi connectivity index (χ4n) is 1.32. The number of carbonyl (C=O) groups excluding carboxylic acids is 1. The quantitative estimate of drug-likeness (QED) is 0.281. The number of ether oxygens (including phenoxy) is 1. The third kappa shape index (κ3) is 4.40. The van der Waals surface area contributed by atoms with Gasteiger partial charge in [-0.1, -0.05) is 17.3 Å². The molecule has 1 rings (SSSR count). The van der Waals surface area contributed by atoms with Crippen LogP contribution in [0.5, 0.6) is 5.75 Å². The Morgan fingerprint density at radius 3 is 2.84 bits per heavy atom. The minimum absolute atomic E-state index is 0.118. The fraction of sp³-hybridized carbons (Fsp3) is 0.250. The van der Waals surface area contributed by atoms with E-state index in [4.69, 9.17) is 20.8 Å². The van der Waals surface area contributed by atoms with E-state index in [-0.39, 0.29) is 18.7 Å². The number of aliphatic carboxylic acids is 1. The summed E-state index contributed by atoms with van der Waals surface area (Å²) in [5, 5.41) is 20.1. The van der Waals surface area contributed by atoms with Crippen molar-refractivity contribution in [2.75, 3.05) is 6.61 Å². The van der Waals surface area contributed by atoms with Gasteiger partial charge in [-0.3, -0.25) is 9.59 Å². The number of nitrogens with two attached hydrogens (primary N) is 1. The summed E-state index contributed by atoms with van der Waals surface area (Å²) in [6.07, 6.45) is 0.577. The number of hydrogen-bond acceptors (Lipinski definition) is 6. The van der Waals surface area contributed by atoms with Crippen LogP contribution in [0.3, 0.4) is 0 Å². The van der Waals surface area contributed by atoms with Crippen LogP contribution in [-0.2, 0) is 9.59 Å². The highest BCUT2D eigenvalue weighted by atomic mass is 16.5. The van der Waals surface area contributed by atoms with Gasteiger partial charge >= 0.3 is 5.97 Å². The van der Waals surface area contributed by atoms with Gasteiger partial charge in [0.2, 0.25) is 0 Å². The van der Waals surface area contributed by atoms with E-state index in [0.717, 1.165) is 0 Å². The maximum atomic E-state index is 10.6. The molecule has 0 aromatic heterocycles. The number of carboxylic acids is 1. The van der Waals surface area contributed by atoms with Crippen molar-refractivity contribution in [3.8, 4) is 5.75 Å². The zero-order chi connectivity index (χ0) is 14.3. The van der Waals surface area contributed by atoms with Crippen molar-refractivity contribution in [2.24, 2.45) is 10.9 Å². The Morgan fingerprint density at radius 1 is 1.53 bits per heavy atom. The van der Waals surface area contributed by atoms with Gasteiger partial charge in [-0.15, -0.1) is 0 Å². The van der Waals surface area contributed by atoms with E-state index in [1.54, 1.807) is 18.2 Å². The van der Waals surface area contributed by atoms with Gasteiger partial charge in [0.1, 0.15) is 17.5 Å². The van der Waals surface area contributed by atoms with Crippen LogP contribution >= 0.6 is 0 Å². The lowest BCUT2D eigenvalue weighted by Crippen LogP contribution is -2.31. The van der Waals surface area contributed by atoms with E-state index in [0.29, 0.717) is 17.6 Å². The summed E-state index contributed by atoms with van der Waals surface area (Å²) < 4.78 is 5.31. The molecule has 7 nitrogen and oxygen atoms in total. The molecular formula is C12H14N2O5. The zero-order valence-electron chi connectivity index (χ0n) is 10.0. The van der Waals surface area contributed by atoms with Crippen LogP contribution in [-0.4, -0.2) is 40.9 Å². The second kappa shape index (κ2) is 7.12. The van der Waals surface area contributed by atoms with Gasteiger partial charge in [-0.05, 0) is 12.1 Å². The lowest BCUT2D eigenvalue weighted by molar-refractivity contribution is -0.138. The largest absolute Gasteiger partial charge is 0.493 e. The number of aldehydes is 1. The molecule has 1 aromatic rings. The minimum atomic E-state index is -1.09. The highest BCUT2D eigenvalue weighted by Gasteiger charge is 2.11. The first-order valence-corrected chi connectivity index (χ1v) is 5.47. The molecule has 0 fully saturated rings. The summed E-state index contributed by atoms with van der Waals surface area (Å²) in [4.78, 5) is 21.1. The van der Waals surface area contributed by atoms with Crippen LogP contribution in [0.15, 0.2) is 29.4 Å². The molecule has 1 aromatic carbocycles. The molecule has 1 unspecified atom stereocenters. The predicted octanol–water partition coefficient (Wildman–Crippen LogP) is 0.245. The van der Waals surface area contributed by atoms with Crippen molar-refractivity contribution >= 4 is 18.0 Å². The predicted molar refractivity (Wildman–Crippen MR) is 66.6 cm³/mol. The molecule has 0 amide bonds. The van der Waals surface area contributed by atoms with E-state index in [1.165, 1.54) is 6.07 Å². The lowest BCUT2D eigenvalue weighted by atomic mass is 10.1. The van der Waals surface area contributed by atoms with Gasteiger partial charge in [0.25, 0.3) is 0 Å². The third-order valence-corrected chi connectivity index (χ3v) is 2.36. The molecule has 0 spiro atoms. The van der Waals surface area contributed by atoms with E-state index < -0.39 is 12.0 Å². The average molecular weight is 266 g/mol. The van der Waals surface area contributed by atoms with Crippen molar-refractivity contribution in [2.45, 2.75) is 12.5 Å². The van der Waals surface area contributed by atoms with Crippen LogP contribution in [0.1, 0.15) is 12.0 Å². The second-order valence-corrected chi connectivity index (χ2v) is 3.71. The van der Waals surface area contributed by atoms with Gasteiger partial charge < -0.3 is 20.8 Å². The molecule has 7 heteroatoms. The first kappa shape index (κ1) is 14.7. The molecule has 102 valence electrons. The van der Waals surface area contributed by atoms with Gasteiger partial charge in [0.05, 0.1) is 6.61 Å². The van der Waals surface area contributed by atoms with Gasteiger partial charge in [0.15, 0.2) is 6.29 Å². The average Bonchev–Trinajstić information content (AvgIpc) is 2.40. The van der Waals surface area contributed by atoms with E-state index in [9.17, 15) is 9.59 Å². The van der Waals surface area contributed by atoms with E-state index in [1.807, 2.05) is 0 Å². The maximum Gasteiger partial charge on any atom is 0.320 e. The highest BCUT2D eigenvalue weighted by Crippen LogP contribution is 2.14. The van der Waals surface area contributed by atoms with Crippen LogP contribution in [0.2, 0.25) is 0 Å². The Morgan fingerprint density at radius 2 is 2.26 bits per heavy atom. The number of carboxylic acid groups (broad SMARTS) is 1. The highest BCUT2D eigenvalue weighted by molar-refractivity contribution is 6.36. The summed E-state index contributed by atoms with van der Waals surface area (Å²) in [6.45, 7) is 0.129. The zero-order valence-corrected chi connectivity index (χ0v) is 10.0. The Hall–Kier alpha value is -2.41. The van der Waals surface area contributed by atoms with E-state index >= 15 is 0 Å². The number of carbonyl (C=O) groups is 2. The topological polar surface area (TPSA) is 122 Å². The van der Waals surface area contributed by atoms with Gasteiger partial charge in [0, 0.05) is 12.0 Å². The molecule has 0 aliphatic heterocycles. The summed E-state index contributed by atoms with van der Waals surface area (Å²) >= 11 is 0. The van der Waals surface area contributed by atoms with Gasteiger partial charge in [-0.25, -0.2) is 0 Å². The summed E-state index contributed by atoms with van der Waals surface area (Å²) in [6, 6.07) is 5.37. The van der Waals surface area contributed by atoms with Crippen molar-refractivity contribution in [1.82, 2.24) is 0 Å². The number of rotatable bonds is 7. The molecular weight excluding hydrogens is 252 g/mol. The Bertz CT molecular complexity index is 487. The Kier molecular flexibility index (Phi) is 5.49. The van der Waals surface area contributed by atoms with Crippen molar-refractivity contribution in [1.29, 1.82) is 0 Å². The van der Waals surface area contributed by atoms with Crippen LogP contribution in [0, 0.1) is 0 Å². The summed E-state index contributed by atoms with van der Waals surface area (Å²) in [7, 11) is 0. The third-order valence-electron chi connectivity index (χ3n) is 2.36. The van der Waals surface area contributed by atoms with Crippen molar-refractivity contribution < 1.29 is 24.6 Å². The normalized spacial score (nSPS) is 12.8. The molecule has 0 bridgehead atoms. The van der Waals surface area contributed by atoms with Gasteiger partial charge in [-0.2, -0.15) is 0 Å². The smallest absolute Gasteiger partial charge is 0.320 e. The SMILES string of the molecule is NC(CCOc1cccc(C(C=O)=NO)c1)C(=O)O. The Balaban J connectivity index is 2.63. The first-order valence-electron chi connectivity index (χ1n) is 5.47. The second-order valence-electron chi connectivity index (χ2n) is 3.71. The molecule has 1 atom stereocenters. The van der Waals surface area contributed by atoms with E-state index in [2.05, 4.69) is 5.16 Å².